The number of ether oxygens (including phenoxy) is 1. The van der Waals surface area contributed by atoms with E-state index in [1.165, 1.54) is 4.68 Å². The topological polar surface area (TPSA) is 81.9 Å². The molecule has 27 heavy (non-hydrogen) atoms. The minimum atomic E-state index is -0.577. The number of hydrogen-bond donors (Lipinski definition) is 1. The lowest BCUT2D eigenvalue weighted by molar-refractivity contribution is 0.0511. The van der Waals surface area contributed by atoms with Gasteiger partial charge in [0.1, 0.15) is 11.4 Å². The molecule has 0 saturated carbocycles. The molecule has 0 aliphatic carbocycles. The number of carbonyl (C=O) groups excluding carboxylic acids is 1. The number of halogens is 1. The molecule has 2 aromatic heterocycles. The highest BCUT2D eigenvalue weighted by Gasteiger charge is 2.21. The first-order valence-corrected chi connectivity index (χ1v) is 8.75. The van der Waals surface area contributed by atoms with Crippen LogP contribution in [0.25, 0.3) is 11.1 Å². The van der Waals surface area contributed by atoms with Crippen molar-refractivity contribution in [2.45, 2.75) is 33.3 Å². The van der Waals surface area contributed by atoms with Gasteiger partial charge in [0.2, 0.25) is 5.28 Å². The van der Waals surface area contributed by atoms with E-state index in [0.29, 0.717) is 11.5 Å². The summed E-state index contributed by atoms with van der Waals surface area (Å²) in [5.41, 5.74) is 2.79. The highest BCUT2D eigenvalue weighted by Crippen LogP contribution is 2.26. The summed E-state index contributed by atoms with van der Waals surface area (Å²) in [4.78, 5) is 20.2. The summed E-state index contributed by atoms with van der Waals surface area (Å²) in [5, 5.41) is 7.51. The fourth-order valence-electron chi connectivity index (χ4n) is 2.47. The Kier molecular flexibility index (Phi) is 5.14. The van der Waals surface area contributed by atoms with Gasteiger partial charge in [-0.05, 0) is 63.1 Å². The Hall–Kier alpha value is -2.93. The van der Waals surface area contributed by atoms with E-state index in [0.717, 1.165) is 16.8 Å². The van der Waals surface area contributed by atoms with Gasteiger partial charge in [-0.3, -0.25) is 0 Å². The molecule has 0 saturated heterocycles. The van der Waals surface area contributed by atoms with E-state index in [2.05, 4.69) is 20.4 Å². The van der Waals surface area contributed by atoms with E-state index >= 15 is 0 Å². The SMILES string of the molecule is Cc1c(-c2ccc(Nc3ccnc(Cl)n3)cc2)cnn1C(=O)OC(C)(C)C. The maximum absolute atomic E-state index is 12.3. The molecular formula is C19H20ClN5O2. The molecule has 3 aromatic rings. The summed E-state index contributed by atoms with van der Waals surface area (Å²) >= 11 is 5.79. The third kappa shape index (κ3) is 4.62. The van der Waals surface area contributed by atoms with Crippen LogP contribution in [-0.4, -0.2) is 31.4 Å². The van der Waals surface area contributed by atoms with Crippen molar-refractivity contribution in [3.05, 3.63) is 53.7 Å². The lowest BCUT2D eigenvalue weighted by Crippen LogP contribution is -2.28. The maximum Gasteiger partial charge on any atom is 0.435 e. The van der Waals surface area contributed by atoms with E-state index < -0.39 is 11.7 Å². The molecule has 7 nitrogen and oxygen atoms in total. The van der Waals surface area contributed by atoms with Crippen LogP contribution in [-0.2, 0) is 4.74 Å². The molecule has 0 amide bonds. The average Bonchev–Trinajstić information content (AvgIpc) is 2.96. The van der Waals surface area contributed by atoms with Crippen molar-refractivity contribution in [3.63, 3.8) is 0 Å². The first-order chi connectivity index (χ1) is 12.7. The van der Waals surface area contributed by atoms with Crippen LogP contribution in [0.15, 0.2) is 42.7 Å². The molecule has 0 unspecified atom stereocenters. The molecule has 1 aromatic carbocycles. The third-order valence-corrected chi connectivity index (χ3v) is 3.85. The Balaban J connectivity index is 1.78. The lowest BCUT2D eigenvalue weighted by atomic mass is 10.1. The third-order valence-electron chi connectivity index (χ3n) is 3.67. The smallest absolute Gasteiger partial charge is 0.435 e. The lowest BCUT2D eigenvalue weighted by Gasteiger charge is -2.19. The van der Waals surface area contributed by atoms with Gasteiger partial charge in [-0.1, -0.05) is 12.1 Å². The first kappa shape index (κ1) is 18.8. The number of aromatic nitrogens is 4. The van der Waals surface area contributed by atoms with Crippen molar-refractivity contribution in [3.8, 4) is 11.1 Å². The van der Waals surface area contributed by atoms with E-state index in [9.17, 15) is 4.79 Å². The van der Waals surface area contributed by atoms with E-state index in [-0.39, 0.29) is 5.28 Å². The van der Waals surface area contributed by atoms with Gasteiger partial charge in [-0.2, -0.15) is 9.78 Å². The molecule has 0 aliphatic rings. The summed E-state index contributed by atoms with van der Waals surface area (Å²) in [5.74, 6) is 0.608. The Bertz CT molecular complexity index is 961. The molecule has 0 fully saturated rings. The van der Waals surface area contributed by atoms with E-state index in [4.69, 9.17) is 16.3 Å². The first-order valence-electron chi connectivity index (χ1n) is 8.37. The minimum Gasteiger partial charge on any atom is -0.442 e. The van der Waals surface area contributed by atoms with Gasteiger partial charge in [0.15, 0.2) is 0 Å². The molecular weight excluding hydrogens is 366 g/mol. The van der Waals surface area contributed by atoms with Crippen molar-refractivity contribution in [1.82, 2.24) is 19.7 Å². The second-order valence-corrected chi connectivity index (χ2v) is 7.29. The predicted octanol–water partition coefficient (Wildman–Crippen LogP) is 4.83. The molecule has 140 valence electrons. The number of nitrogens with one attached hydrogen (secondary N) is 1. The minimum absolute atomic E-state index is 0.182. The van der Waals surface area contributed by atoms with Crippen molar-refractivity contribution in [2.75, 3.05) is 5.32 Å². The van der Waals surface area contributed by atoms with Crippen LogP contribution < -0.4 is 5.32 Å². The molecule has 0 spiro atoms. The van der Waals surface area contributed by atoms with E-state index in [1.807, 2.05) is 52.0 Å². The van der Waals surface area contributed by atoms with Crippen molar-refractivity contribution >= 4 is 29.2 Å². The zero-order chi connectivity index (χ0) is 19.6. The summed E-state index contributed by atoms with van der Waals surface area (Å²) in [7, 11) is 0. The summed E-state index contributed by atoms with van der Waals surface area (Å²) in [6.45, 7) is 7.30. The predicted molar refractivity (Wildman–Crippen MR) is 104 cm³/mol. The van der Waals surface area contributed by atoms with Gasteiger partial charge < -0.3 is 10.1 Å². The van der Waals surface area contributed by atoms with Gasteiger partial charge in [0, 0.05) is 17.4 Å². The van der Waals surface area contributed by atoms with Gasteiger partial charge in [0.25, 0.3) is 0 Å². The summed E-state index contributed by atoms with van der Waals surface area (Å²) in [6.07, 6.45) is 2.75. The van der Waals surface area contributed by atoms with Crippen LogP contribution in [0.3, 0.4) is 0 Å². The Morgan fingerprint density at radius 2 is 1.89 bits per heavy atom. The molecule has 0 aliphatic heterocycles. The fraction of sp³-hybridized carbons (Fsp3) is 0.263. The van der Waals surface area contributed by atoms with Crippen molar-refractivity contribution in [2.24, 2.45) is 0 Å². The number of anilines is 2. The number of nitrogens with zero attached hydrogens (tertiary/aromatic N) is 4. The largest absolute Gasteiger partial charge is 0.442 e. The number of benzene rings is 1. The van der Waals surface area contributed by atoms with Crippen molar-refractivity contribution in [1.29, 1.82) is 0 Å². The Labute approximate surface area is 162 Å². The Morgan fingerprint density at radius 3 is 2.52 bits per heavy atom. The van der Waals surface area contributed by atoms with Crippen LogP contribution >= 0.6 is 11.6 Å². The quantitative estimate of drug-likeness (QED) is 0.650. The number of carbonyl (C=O) groups is 1. The van der Waals surface area contributed by atoms with Crippen LogP contribution in [0.2, 0.25) is 5.28 Å². The molecule has 0 bridgehead atoms. The fourth-order valence-corrected chi connectivity index (χ4v) is 2.62. The molecule has 0 atom stereocenters. The van der Waals surface area contributed by atoms with Gasteiger partial charge in [-0.15, -0.1) is 0 Å². The standard InChI is InChI=1S/C19H20ClN5O2/c1-12-15(11-22-25(12)18(26)27-19(2,3)4)13-5-7-14(8-6-13)23-16-9-10-21-17(20)24-16/h5-11H,1-4H3,(H,21,23,24). The van der Waals surface area contributed by atoms with E-state index in [1.54, 1.807) is 18.5 Å². The van der Waals surface area contributed by atoms with Gasteiger partial charge in [-0.25, -0.2) is 14.8 Å². The molecule has 1 N–H and O–H groups in total. The Morgan fingerprint density at radius 1 is 1.19 bits per heavy atom. The van der Waals surface area contributed by atoms with Crippen LogP contribution in [0.5, 0.6) is 0 Å². The molecule has 3 rings (SSSR count). The van der Waals surface area contributed by atoms with Crippen LogP contribution in [0.1, 0.15) is 26.5 Å². The highest BCUT2D eigenvalue weighted by molar-refractivity contribution is 6.28. The van der Waals surface area contributed by atoms with Gasteiger partial charge in [0.05, 0.1) is 11.9 Å². The summed E-state index contributed by atoms with van der Waals surface area (Å²) < 4.78 is 6.65. The number of rotatable bonds is 3. The normalized spacial score (nSPS) is 11.3. The second kappa shape index (κ2) is 7.36. The second-order valence-electron chi connectivity index (χ2n) is 6.95. The molecule has 2 heterocycles. The number of hydrogen-bond acceptors (Lipinski definition) is 6. The maximum atomic E-state index is 12.3. The van der Waals surface area contributed by atoms with Gasteiger partial charge >= 0.3 is 6.09 Å². The van der Waals surface area contributed by atoms with Crippen LogP contribution in [0.4, 0.5) is 16.3 Å². The summed E-state index contributed by atoms with van der Waals surface area (Å²) in [6, 6.07) is 9.43. The zero-order valence-corrected chi connectivity index (χ0v) is 16.3. The highest BCUT2D eigenvalue weighted by atomic mass is 35.5. The monoisotopic (exact) mass is 385 g/mol. The molecule has 8 heteroatoms. The molecule has 0 radical (unpaired) electrons. The average molecular weight is 386 g/mol. The van der Waals surface area contributed by atoms with Crippen LogP contribution in [0, 0.1) is 6.92 Å². The zero-order valence-electron chi connectivity index (χ0n) is 15.5. The van der Waals surface area contributed by atoms with Crippen molar-refractivity contribution < 1.29 is 9.53 Å².